The van der Waals surface area contributed by atoms with Gasteiger partial charge in [-0.2, -0.15) is 0 Å². The van der Waals surface area contributed by atoms with Crippen LogP contribution in [0.4, 0.5) is 5.69 Å². The lowest BCUT2D eigenvalue weighted by atomic mass is 10.2. The van der Waals surface area contributed by atoms with E-state index in [1.165, 1.54) is 6.20 Å². The number of hydrogen-bond acceptors (Lipinski definition) is 2. The second-order valence-corrected chi connectivity index (χ2v) is 2.79. The minimum atomic E-state index is -0.389. The Morgan fingerprint density at radius 3 is 2.92 bits per heavy atom. The van der Waals surface area contributed by atoms with Crippen molar-refractivity contribution in [3.63, 3.8) is 0 Å². The lowest BCUT2D eigenvalue weighted by Crippen LogP contribution is -1.91. The molecule has 0 saturated carbocycles. The summed E-state index contributed by atoms with van der Waals surface area (Å²) in [4.78, 5) is 12.7. The smallest absolute Gasteiger partial charge is 0.289 e. The van der Waals surface area contributed by atoms with Crippen LogP contribution in [-0.2, 0) is 6.42 Å². The molecule has 0 bridgehead atoms. The standard InChI is InChI=1S/C7H9ClN2O2/c8-3-1-2-6-4-9-5-7(6)10(11)12/h4-5,9H,1-3H2. The van der Waals surface area contributed by atoms with Gasteiger partial charge in [0.1, 0.15) is 0 Å². The number of aromatic amines is 1. The summed E-state index contributed by atoms with van der Waals surface area (Å²) in [6, 6.07) is 0. The van der Waals surface area contributed by atoms with E-state index in [-0.39, 0.29) is 10.6 Å². The molecule has 0 fully saturated rings. The van der Waals surface area contributed by atoms with Crippen LogP contribution in [0.5, 0.6) is 0 Å². The molecule has 0 unspecified atom stereocenters. The van der Waals surface area contributed by atoms with Crippen molar-refractivity contribution in [3.8, 4) is 0 Å². The molecule has 0 amide bonds. The number of halogens is 1. The Balaban J connectivity index is 2.70. The average molecular weight is 189 g/mol. The van der Waals surface area contributed by atoms with Crippen LogP contribution in [0.15, 0.2) is 12.4 Å². The van der Waals surface area contributed by atoms with E-state index < -0.39 is 0 Å². The first-order valence-corrected chi connectivity index (χ1v) is 4.15. The maximum Gasteiger partial charge on any atom is 0.289 e. The molecule has 0 aromatic carbocycles. The van der Waals surface area contributed by atoms with Gasteiger partial charge in [0.05, 0.1) is 11.1 Å². The Kier molecular flexibility index (Phi) is 3.10. The third-order valence-electron chi connectivity index (χ3n) is 1.58. The van der Waals surface area contributed by atoms with E-state index in [0.717, 1.165) is 12.0 Å². The number of alkyl halides is 1. The van der Waals surface area contributed by atoms with Gasteiger partial charge in [-0.25, -0.2) is 0 Å². The molecule has 5 heteroatoms. The predicted octanol–water partition coefficient (Wildman–Crippen LogP) is 2.09. The van der Waals surface area contributed by atoms with Gasteiger partial charge in [0, 0.05) is 17.6 Å². The molecule has 0 saturated heterocycles. The van der Waals surface area contributed by atoms with Gasteiger partial charge in [-0.05, 0) is 12.8 Å². The molecule has 1 aromatic heterocycles. The van der Waals surface area contributed by atoms with Crippen LogP contribution in [0.2, 0.25) is 0 Å². The van der Waals surface area contributed by atoms with Crippen LogP contribution in [0.25, 0.3) is 0 Å². The monoisotopic (exact) mass is 188 g/mol. The first-order chi connectivity index (χ1) is 5.75. The normalized spacial score (nSPS) is 10.1. The molecule has 1 heterocycles. The number of aromatic nitrogens is 1. The number of H-pyrrole nitrogens is 1. The third-order valence-corrected chi connectivity index (χ3v) is 1.85. The zero-order chi connectivity index (χ0) is 8.97. The van der Waals surface area contributed by atoms with Crippen LogP contribution < -0.4 is 0 Å². The fraction of sp³-hybridized carbons (Fsp3) is 0.429. The van der Waals surface area contributed by atoms with Gasteiger partial charge in [0.15, 0.2) is 0 Å². The summed E-state index contributed by atoms with van der Waals surface area (Å²) in [6.45, 7) is 0. The third kappa shape index (κ3) is 1.98. The van der Waals surface area contributed by atoms with Crippen molar-refractivity contribution in [2.45, 2.75) is 12.8 Å². The van der Waals surface area contributed by atoms with Gasteiger partial charge in [0.2, 0.25) is 0 Å². The molecular formula is C7H9ClN2O2. The van der Waals surface area contributed by atoms with Gasteiger partial charge in [-0.1, -0.05) is 0 Å². The van der Waals surface area contributed by atoms with Crippen molar-refractivity contribution in [2.75, 3.05) is 5.88 Å². The number of nitrogens with zero attached hydrogens (tertiary/aromatic N) is 1. The molecule has 0 aliphatic carbocycles. The number of nitro groups is 1. The quantitative estimate of drug-likeness (QED) is 0.447. The minimum absolute atomic E-state index is 0.153. The van der Waals surface area contributed by atoms with Crippen LogP contribution in [0.1, 0.15) is 12.0 Å². The van der Waals surface area contributed by atoms with Crippen LogP contribution in [-0.4, -0.2) is 15.8 Å². The SMILES string of the molecule is O=[N+]([O-])c1c[nH]cc1CCCCl. The van der Waals surface area contributed by atoms with Gasteiger partial charge in [-0.3, -0.25) is 10.1 Å². The molecule has 66 valence electrons. The van der Waals surface area contributed by atoms with Crippen molar-refractivity contribution in [1.82, 2.24) is 4.98 Å². The largest absolute Gasteiger partial charge is 0.362 e. The van der Waals surface area contributed by atoms with E-state index in [1.807, 2.05) is 0 Å². The van der Waals surface area contributed by atoms with Crippen molar-refractivity contribution in [2.24, 2.45) is 0 Å². The Labute approximate surface area is 74.7 Å². The summed E-state index contributed by atoms with van der Waals surface area (Å²) in [5.74, 6) is 0.530. The number of rotatable bonds is 4. The highest BCUT2D eigenvalue weighted by atomic mass is 35.5. The second kappa shape index (κ2) is 4.11. The topological polar surface area (TPSA) is 58.9 Å². The molecule has 1 aromatic rings. The van der Waals surface area contributed by atoms with Gasteiger partial charge in [-0.15, -0.1) is 11.6 Å². The van der Waals surface area contributed by atoms with Crippen molar-refractivity contribution in [3.05, 3.63) is 28.1 Å². The van der Waals surface area contributed by atoms with Crippen molar-refractivity contribution < 1.29 is 4.92 Å². The molecule has 1 N–H and O–H groups in total. The van der Waals surface area contributed by atoms with Crippen LogP contribution in [0, 0.1) is 10.1 Å². The highest BCUT2D eigenvalue weighted by molar-refractivity contribution is 6.17. The van der Waals surface area contributed by atoms with E-state index in [0.29, 0.717) is 12.3 Å². The molecule has 0 radical (unpaired) electrons. The summed E-state index contributed by atoms with van der Waals surface area (Å²) >= 11 is 5.47. The molecule has 1 rings (SSSR count). The molecule has 0 spiro atoms. The van der Waals surface area contributed by atoms with E-state index in [9.17, 15) is 10.1 Å². The number of nitrogens with one attached hydrogen (secondary N) is 1. The summed E-state index contributed by atoms with van der Waals surface area (Å²) in [5, 5.41) is 10.4. The first kappa shape index (κ1) is 9.06. The highest BCUT2D eigenvalue weighted by Crippen LogP contribution is 2.18. The molecule has 0 aliphatic heterocycles. The zero-order valence-electron chi connectivity index (χ0n) is 6.42. The van der Waals surface area contributed by atoms with Crippen LogP contribution in [0.3, 0.4) is 0 Å². The highest BCUT2D eigenvalue weighted by Gasteiger charge is 2.12. The summed E-state index contributed by atoms with van der Waals surface area (Å²) in [6.07, 6.45) is 4.46. The average Bonchev–Trinajstić information content (AvgIpc) is 2.48. The van der Waals surface area contributed by atoms with Gasteiger partial charge >= 0.3 is 0 Å². The fourth-order valence-corrected chi connectivity index (χ4v) is 1.15. The lowest BCUT2D eigenvalue weighted by Gasteiger charge is -1.93. The van der Waals surface area contributed by atoms with E-state index in [2.05, 4.69) is 4.98 Å². The van der Waals surface area contributed by atoms with E-state index in [4.69, 9.17) is 11.6 Å². The molecule has 12 heavy (non-hydrogen) atoms. The van der Waals surface area contributed by atoms with Crippen molar-refractivity contribution in [1.29, 1.82) is 0 Å². The molecular weight excluding hydrogens is 180 g/mol. The maximum absolute atomic E-state index is 10.4. The van der Waals surface area contributed by atoms with E-state index >= 15 is 0 Å². The molecule has 0 aliphatic rings. The van der Waals surface area contributed by atoms with E-state index in [1.54, 1.807) is 6.20 Å². The fourth-order valence-electron chi connectivity index (χ4n) is 1.02. The Hall–Kier alpha value is -1.03. The first-order valence-electron chi connectivity index (χ1n) is 3.61. The second-order valence-electron chi connectivity index (χ2n) is 2.42. The zero-order valence-corrected chi connectivity index (χ0v) is 7.17. The molecule has 4 nitrogen and oxygen atoms in total. The van der Waals surface area contributed by atoms with Gasteiger partial charge in [0.25, 0.3) is 5.69 Å². The summed E-state index contributed by atoms with van der Waals surface area (Å²) < 4.78 is 0. The predicted molar refractivity (Wildman–Crippen MR) is 46.5 cm³/mol. The van der Waals surface area contributed by atoms with Gasteiger partial charge < -0.3 is 4.98 Å². The number of hydrogen-bond donors (Lipinski definition) is 1. The Bertz CT molecular complexity index is 272. The van der Waals surface area contributed by atoms with Crippen LogP contribution >= 0.6 is 11.6 Å². The number of aryl methyl sites for hydroxylation is 1. The Morgan fingerprint density at radius 2 is 2.33 bits per heavy atom. The van der Waals surface area contributed by atoms with Crippen molar-refractivity contribution >= 4 is 17.3 Å². The summed E-state index contributed by atoms with van der Waals surface area (Å²) in [7, 11) is 0. The molecule has 0 atom stereocenters. The summed E-state index contributed by atoms with van der Waals surface area (Å²) in [5.41, 5.74) is 0.876. The Morgan fingerprint density at radius 1 is 1.58 bits per heavy atom. The minimum Gasteiger partial charge on any atom is -0.362 e. The lowest BCUT2D eigenvalue weighted by molar-refractivity contribution is -0.385. The maximum atomic E-state index is 10.4.